The minimum atomic E-state index is -4.36. The van der Waals surface area contributed by atoms with Gasteiger partial charge in [-0.1, -0.05) is 12.1 Å². The van der Waals surface area contributed by atoms with Gasteiger partial charge in [-0.15, -0.1) is 0 Å². The Kier molecular flexibility index (Phi) is 4.24. The zero-order valence-corrected chi connectivity index (χ0v) is 12.7. The molecule has 0 amide bonds. The summed E-state index contributed by atoms with van der Waals surface area (Å²) in [5.41, 5.74) is 1.46. The van der Waals surface area contributed by atoms with Crippen molar-refractivity contribution < 1.29 is 17.9 Å². The van der Waals surface area contributed by atoms with Crippen molar-refractivity contribution in [1.82, 2.24) is 19.7 Å². The topological polar surface area (TPSA) is 64.9 Å². The molecule has 0 fully saturated rings. The molecule has 2 aromatic heterocycles. The van der Waals surface area contributed by atoms with E-state index in [1.807, 2.05) is 0 Å². The number of halogens is 3. The maximum Gasteiger partial charge on any atom is 0.422 e. The van der Waals surface area contributed by atoms with Crippen LogP contribution >= 0.6 is 0 Å². The number of nitrogens with one attached hydrogen (secondary N) is 1. The number of anilines is 1. The minimum Gasteiger partial charge on any atom is -0.484 e. The van der Waals surface area contributed by atoms with Crippen molar-refractivity contribution in [3.8, 4) is 5.75 Å². The van der Waals surface area contributed by atoms with Gasteiger partial charge in [-0.3, -0.25) is 4.68 Å². The second kappa shape index (κ2) is 6.34. The Labute approximate surface area is 135 Å². The van der Waals surface area contributed by atoms with Gasteiger partial charge in [0.15, 0.2) is 12.3 Å². The van der Waals surface area contributed by atoms with Crippen molar-refractivity contribution in [3.63, 3.8) is 0 Å². The maximum atomic E-state index is 12.2. The fourth-order valence-electron chi connectivity index (χ4n) is 2.20. The van der Waals surface area contributed by atoms with E-state index < -0.39 is 12.8 Å². The first kappa shape index (κ1) is 16.0. The summed E-state index contributed by atoms with van der Waals surface area (Å²) in [4.78, 5) is 8.31. The second-order valence-electron chi connectivity index (χ2n) is 5.13. The average Bonchev–Trinajstić information content (AvgIpc) is 2.93. The van der Waals surface area contributed by atoms with E-state index in [4.69, 9.17) is 4.74 Å². The molecule has 6 nitrogen and oxygen atoms in total. The summed E-state index contributed by atoms with van der Waals surface area (Å²) in [6, 6.07) is 6.47. The number of alkyl halides is 3. The van der Waals surface area contributed by atoms with Crippen LogP contribution in [0, 0.1) is 0 Å². The lowest BCUT2D eigenvalue weighted by molar-refractivity contribution is -0.153. The highest BCUT2D eigenvalue weighted by Gasteiger charge is 2.28. The molecule has 2 heterocycles. The molecule has 0 aliphatic carbocycles. The van der Waals surface area contributed by atoms with Crippen LogP contribution in [0.2, 0.25) is 0 Å². The van der Waals surface area contributed by atoms with Gasteiger partial charge in [0.25, 0.3) is 0 Å². The van der Waals surface area contributed by atoms with Gasteiger partial charge in [0, 0.05) is 13.6 Å². The number of nitrogens with zero attached hydrogens (tertiary/aromatic N) is 4. The molecule has 0 aliphatic heterocycles. The summed E-state index contributed by atoms with van der Waals surface area (Å²) < 4.78 is 43.0. The van der Waals surface area contributed by atoms with E-state index in [-0.39, 0.29) is 5.75 Å². The number of rotatable bonds is 5. The largest absolute Gasteiger partial charge is 0.484 e. The summed E-state index contributed by atoms with van der Waals surface area (Å²) >= 11 is 0. The molecule has 1 aromatic carbocycles. The SMILES string of the molecule is Cn1ncc2c(NCc3cccc(OCC(F)(F)F)c3)ncnc21. The van der Waals surface area contributed by atoms with E-state index in [1.54, 1.807) is 36.1 Å². The van der Waals surface area contributed by atoms with Crippen molar-refractivity contribution in [2.24, 2.45) is 7.05 Å². The fraction of sp³-hybridized carbons (Fsp3) is 0.267. The van der Waals surface area contributed by atoms with Crippen LogP contribution < -0.4 is 10.1 Å². The molecule has 0 atom stereocenters. The Morgan fingerprint density at radius 2 is 2.08 bits per heavy atom. The third-order valence-electron chi connectivity index (χ3n) is 3.29. The predicted molar refractivity (Wildman–Crippen MR) is 81.6 cm³/mol. The van der Waals surface area contributed by atoms with Gasteiger partial charge in [0.1, 0.15) is 17.9 Å². The number of ether oxygens (including phenoxy) is 1. The molecule has 0 unspecified atom stereocenters. The second-order valence-corrected chi connectivity index (χ2v) is 5.13. The Morgan fingerprint density at radius 3 is 2.88 bits per heavy atom. The van der Waals surface area contributed by atoms with Gasteiger partial charge in [0.05, 0.1) is 11.6 Å². The molecule has 0 spiro atoms. The number of aromatic nitrogens is 4. The van der Waals surface area contributed by atoms with E-state index in [0.717, 1.165) is 10.9 Å². The number of benzene rings is 1. The first-order valence-electron chi connectivity index (χ1n) is 7.07. The number of hydrogen-bond acceptors (Lipinski definition) is 5. The summed E-state index contributed by atoms with van der Waals surface area (Å²) in [6.45, 7) is -0.934. The van der Waals surface area contributed by atoms with E-state index in [0.29, 0.717) is 18.0 Å². The summed E-state index contributed by atoms with van der Waals surface area (Å²) in [5, 5.41) is 8.02. The number of hydrogen-bond donors (Lipinski definition) is 1. The van der Waals surface area contributed by atoms with Gasteiger partial charge in [0.2, 0.25) is 0 Å². The highest BCUT2D eigenvalue weighted by molar-refractivity contribution is 5.85. The highest BCUT2D eigenvalue weighted by atomic mass is 19.4. The molecule has 0 bridgehead atoms. The molecular formula is C15H14F3N5O. The van der Waals surface area contributed by atoms with Gasteiger partial charge in [-0.25, -0.2) is 9.97 Å². The standard InChI is InChI=1S/C15H14F3N5O/c1-23-14-12(7-22-23)13(20-9-21-14)19-6-10-3-2-4-11(5-10)24-8-15(16,17)18/h2-5,7,9H,6,8H2,1H3,(H,19,20,21). The van der Waals surface area contributed by atoms with E-state index in [2.05, 4.69) is 20.4 Å². The van der Waals surface area contributed by atoms with E-state index in [9.17, 15) is 13.2 Å². The zero-order valence-electron chi connectivity index (χ0n) is 12.7. The summed E-state index contributed by atoms with van der Waals surface area (Å²) in [7, 11) is 1.78. The fourth-order valence-corrected chi connectivity index (χ4v) is 2.20. The Morgan fingerprint density at radius 1 is 1.25 bits per heavy atom. The van der Waals surface area contributed by atoms with Crippen LogP contribution in [-0.2, 0) is 13.6 Å². The number of fused-ring (bicyclic) bond motifs is 1. The Balaban J connectivity index is 1.70. The molecule has 1 N–H and O–H groups in total. The van der Waals surface area contributed by atoms with Crippen LogP contribution in [0.1, 0.15) is 5.56 Å². The molecule has 126 valence electrons. The third-order valence-corrected chi connectivity index (χ3v) is 3.29. The van der Waals surface area contributed by atoms with Crippen LogP contribution in [-0.4, -0.2) is 32.5 Å². The first-order valence-corrected chi connectivity index (χ1v) is 7.07. The lowest BCUT2D eigenvalue weighted by atomic mass is 10.2. The van der Waals surface area contributed by atoms with Gasteiger partial charge in [-0.2, -0.15) is 18.3 Å². The van der Waals surface area contributed by atoms with E-state index in [1.165, 1.54) is 12.4 Å². The molecule has 24 heavy (non-hydrogen) atoms. The van der Waals surface area contributed by atoms with Crippen LogP contribution in [0.15, 0.2) is 36.8 Å². The molecule has 3 rings (SSSR count). The van der Waals surface area contributed by atoms with Crippen molar-refractivity contribution in [2.45, 2.75) is 12.7 Å². The molecule has 0 radical (unpaired) electrons. The monoisotopic (exact) mass is 337 g/mol. The highest BCUT2D eigenvalue weighted by Crippen LogP contribution is 2.21. The third kappa shape index (κ3) is 3.73. The van der Waals surface area contributed by atoms with Crippen molar-refractivity contribution >= 4 is 16.9 Å². The van der Waals surface area contributed by atoms with Crippen molar-refractivity contribution in [2.75, 3.05) is 11.9 Å². The quantitative estimate of drug-likeness (QED) is 0.775. The molecule has 0 saturated carbocycles. The lowest BCUT2D eigenvalue weighted by Crippen LogP contribution is -2.19. The molecular weight excluding hydrogens is 323 g/mol. The smallest absolute Gasteiger partial charge is 0.422 e. The normalized spacial score (nSPS) is 11.7. The minimum absolute atomic E-state index is 0.167. The summed E-state index contributed by atoms with van der Waals surface area (Å²) in [6.07, 6.45) is -1.28. The predicted octanol–water partition coefficient (Wildman–Crippen LogP) is 2.92. The van der Waals surface area contributed by atoms with Gasteiger partial charge >= 0.3 is 6.18 Å². The van der Waals surface area contributed by atoms with Gasteiger partial charge < -0.3 is 10.1 Å². The van der Waals surface area contributed by atoms with Crippen LogP contribution in [0.4, 0.5) is 19.0 Å². The Hall–Kier alpha value is -2.84. The van der Waals surface area contributed by atoms with Crippen LogP contribution in [0.25, 0.3) is 11.0 Å². The lowest BCUT2D eigenvalue weighted by Gasteiger charge is -2.11. The Bertz CT molecular complexity index is 846. The molecule has 9 heteroatoms. The first-order chi connectivity index (χ1) is 11.4. The van der Waals surface area contributed by atoms with Crippen molar-refractivity contribution in [3.05, 3.63) is 42.4 Å². The van der Waals surface area contributed by atoms with Gasteiger partial charge in [-0.05, 0) is 17.7 Å². The molecule has 3 aromatic rings. The maximum absolute atomic E-state index is 12.2. The van der Waals surface area contributed by atoms with Crippen molar-refractivity contribution in [1.29, 1.82) is 0 Å². The van der Waals surface area contributed by atoms with E-state index >= 15 is 0 Å². The molecule has 0 saturated heterocycles. The summed E-state index contributed by atoms with van der Waals surface area (Å²) in [5.74, 6) is 0.774. The number of aryl methyl sites for hydroxylation is 1. The van der Waals surface area contributed by atoms with Crippen LogP contribution in [0.5, 0.6) is 5.75 Å². The molecule has 0 aliphatic rings. The average molecular weight is 337 g/mol. The zero-order chi connectivity index (χ0) is 17.2. The van der Waals surface area contributed by atoms with Crippen LogP contribution in [0.3, 0.4) is 0 Å².